The first-order valence-electron chi connectivity index (χ1n) is 6.89. The van der Waals surface area contributed by atoms with Crippen LogP contribution in [0.15, 0.2) is 0 Å². The maximum Gasteiger partial charge on any atom is 0.303 e. The SMILES string of the molecule is CC(C)CN1CC(CCC(=O)O)N(C)CC1(C)C. The van der Waals surface area contributed by atoms with E-state index in [-0.39, 0.29) is 12.0 Å². The average Bonchev–Trinajstić information content (AvgIpc) is 2.18. The lowest BCUT2D eigenvalue weighted by Gasteiger charge is -2.50. The van der Waals surface area contributed by atoms with Crippen LogP contribution in [-0.2, 0) is 4.79 Å². The summed E-state index contributed by atoms with van der Waals surface area (Å²) in [5.41, 5.74) is 0.179. The molecule has 0 bridgehead atoms. The van der Waals surface area contributed by atoms with E-state index in [1.54, 1.807) is 0 Å². The number of hydrogen-bond donors (Lipinski definition) is 1. The van der Waals surface area contributed by atoms with Gasteiger partial charge in [0, 0.05) is 37.6 Å². The molecule has 0 spiro atoms. The van der Waals surface area contributed by atoms with Gasteiger partial charge in [0.15, 0.2) is 0 Å². The number of carbonyl (C=O) groups is 1. The summed E-state index contributed by atoms with van der Waals surface area (Å²) in [5.74, 6) is -0.0450. The van der Waals surface area contributed by atoms with Crippen molar-refractivity contribution in [2.45, 2.75) is 52.1 Å². The lowest BCUT2D eigenvalue weighted by Crippen LogP contribution is -2.62. The van der Waals surface area contributed by atoms with Crippen molar-refractivity contribution in [2.75, 3.05) is 26.7 Å². The molecule has 0 saturated carbocycles. The number of aliphatic carboxylic acids is 1. The van der Waals surface area contributed by atoms with Gasteiger partial charge in [-0.1, -0.05) is 13.8 Å². The van der Waals surface area contributed by atoms with E-state index < -0.39 is 5.97 Å². The molecule has 0 aromatic rings. The lowest BCUT2D eigenvalue weighted by atomic mass is 9.93. The maximum atomic E-state index is 10.7. The minimum atomic E-state index is -0.691. The highest BCUT2D eigenvalue weighted by atomic mass is 16.4. The summed E-state index contributed by atoms with van der Waals surface area (Å²) in [6.45, 7) is 12.1. The topological polar surface area (TPSA) is 43.8 Å². The maximum absolute atomic E-state index is 10.7. The van der Waals surface area contributed by atoms with Crippen LogP contribution in [0.2, 0.25) is 0 Å². The van der Waals surface area contributed by atoms with Gasteiger partial charge in [-0.25, -0.2) is 0 Å². The van der Waals surface area contributed by atoms with Gasteiger partial charge in [-0.3, -0.25) is 9.69 Å². The number of piperazine rings is 1. The van der Waals surface area contributed by atoms with Crippen LogP contribution in [0.4, 0.5) is 0 Å². The second kappa shape index (κ2) is 6.02. The molecule has 4 heteroatoms. The summed E-state index contributed by atoms with van der Waals surface area (Å²) >= 11 is 0. The van der Waals surface area contributed by atoms with E-state index >= 15 is 0 Å². The Morgan fingerprint density at radius 2 is 2.06 bits per heavy atom. The van der Waals surface area contributed by atoms with Gasteiger partial charge in [-0.05, 0) is 33.2 Å². The molecule has 4 nitrogen and oxygen atoms in total. The summed E-state index contributed by atoms with van der Waals surface area (Å²) in [7, 11) is 2.11. The first-order valence-corrected chi connectivity index (χ1v) is 6.89. The van der Waals surface area contributed by atoms with Gasteiger partial charge >= 0.3 is 5.97 Å². The van der Waals surface area contributed by atoms with Crippen molar-refractivity contribution in [3.8, 4) is 0 Å². The molecule has 0 aromatic heterocycles. The molecular formula is C14H28N2O2. The highest BCUT2D eigenvalue weighted by Gasteiger charge is 2.37. The zero-order chi connectivity index (χ0) is 13.9. The summed E-state index contributed by atoms with van der Waals surface area (Å²) < 4.78 is 0. The summed E-state index contributed by atoms with van der Waals surface area (Å²) in [6, 6.07) is 0.368. The minimum absolute atomic E-state index is 0.179. The molecule has 1 atom stereocenters. The number of carboxylic acids is 1. The molecule has 1 saturated heterocycles. The van der Waals surface area contributed by atoms with Crippen LogP contribution in [0.25, 0.3) is 0 Å². The molecule has 1 aliphatic rings. The molecule has 1 fully saturated rings. The quantitative estimate of drug-likeness (QED) is 0.816. The molecule has 0 aromatic carbocycles. The normalized spacial score (nSPS) is 25.6. The van der Waals surface area contributed by atoms with E-state index in [0.717, 1.165) is 26.1 Å². The van der Waals surface area contributed by atoms with Gasteiger partial charge in [0.1, 0.15) is 0 Å². The molecule has 18 heavy (non-hydrogen) atoms. The average molecular weight is 256 g/mol. The smallest absolute Gasteiger partial charge is 0.303 e. The molecule has 1 rings (SSSR count). The van der Waals surface area contributed by atoms with Crippen molar-refractivity contribution in [2.24, 2.45) is 5.92 Å². The van der Waals surface area contributed by atoms with Crippen LogP contribution < -0.4 is 0 Å². The van der Waals surface area contributed by atoms with E-state index in [1.165, 1.54) is 0 Å². The number of carboxylic acid groups (broad SMARTS) is 1. The Morgan fingerprint density at radius 3 is 2.56 bits per heavy atom. The highest BCUT2D eigenvalue weighted by Crippen LogP contribution is 2.26. The predicted molar refractivity (Wildman–Crippen MR) is 73.8 cm³/mol. The summed E-state index contributed by atoms with van der Waals surface area (Å²) in [5, 5.41) is 8.81. The lowest BCUT2D eigenvalue weighted by molar-refractivity contribution is -0.137. The third kappa shape index (κ3) is 4.25. The number of likely N-dealkylation sites (N-methyl/N-ethyl adjacent to an activating group) is 1. The molecule has 1 aliphatic heterocycles. The zero-order valence-corrected chi connectivity index (χ0v) is 12.4. The van der Waals surface area contributed by atoms with Gasteiger partial charge in [0.2, 0.25) is 0 Å². The standard InChI is InChI=1S/C14H28N2O2/c1-11(2)8-16-9-12(6-7-13(17)18)15(5)10-14(16,3)4/h11-12H,6-10H2,1-5H3,(H,17,18). The van der Waals surface area contributed by atoms with Gasteiger partial charge < -0.3 is 10.0 Å². The molecule has 1 N–H and O–H groups in total. The summed E-state index contributed by atoms with van der Waals surface area (Å²) in [4.78, 5) is 15.5. The number of rotatable bonds is 5. The third-order valence-corrected chi connectivity index (χ3v) is 3.82. The number of hydrogen-bond acceptors (Lipinski definition) is 3. The first-order chi connectivity index (χ1) is 8.22. The molecule has 0 amide bonds. The Bertz CT molecular complexity index is 290. The van der Waals surface area contributed by atoms with Gasteiger partial charge in [-0.15, -0.1) is 0 Å². The first kappa shape index (κ1) is 15.4. The van der Waals surface area contributed by atoms with Crippen molar-refractivity contribution in [1.29, 1.82) is 0 Å². The van der Waals surface area contributed by atoms with E-state index in [2.05, 4.69) is 44.5 Å². The summed E-state index contributed by atoms with van der Waals surface area (Å²) in [6.07, 6.45) is 1.02. The van der Waals surface area contributed by atoms with Crippen LogP contribution in [0.3, 0.4) is 0 Å². The molecule has 0 aliphatic carbocycles. The Balaban J connectivity index is 2.64. The van der Waals surface area contributed by atoms with E-state index in [9.17, 15) is 4.79 Å². The second-order valence-electron chi connectivity index (χ2n) is 6.61. The molecule has 106 valence electrons. The number of nitrogens with zero attached hydrogens (tertiary/aromatic N) is 2. The Hall–Kier alpha value is -0.610. The van der Waals surface area contributed by atoms with Crippen molar-refractivity contribution in [1.82, 2.24) is 9.80 Å². The molecule has 0 radical (unpaired) electrons. The predicted octanol–water partition coefficient (Wildman–Crippen LogP) is 1.90. The van der Waals surface area contributed by atoms with Gasteiger partial charge in [-0.2, -0.15) is 0 Å². The Morgan fingerprint density at radius 1 is 1.44 bits per heavy atom. The van der Waals surface area contributed by atoms with E-state index in [1.807, 2.05) is 0 Å². The Kier molecular flexibility index (Phi) is 5.17. The fourth-order valence-electron chi connectivity index (χ4n) is 2.84. The van der Waals surface area contributed by atoms with E-state index in [4.69, 9.17) is 5.11 Å². The third-order valence-electron chi connectivity index (χ3n) is 3.82. The van der Waals surface area contributed by atoms with Crippen molar-refractivity contribution in [3.63, 3.8) is 0 Å². The highest BCUT2D eigenvalue weighted by molar-refractivity contribution is 5.66. The second-order valence-corrected chi connectivity index (χ2v) is 6.61. The van der Waals surface area contributed by atoms with Gasteiger partial charge in [0.25, 0.3) is 0 Å². The van der Waals surface area contributed by atoms with Crippen LogP contribution in [0, 0.1) is 5.92 Å². The van der Waals surface area contributed by atoms with Crippen LogP contribution >= 0.6 is 0 Å². The fraction of sp³-hybridized carbons (Fsp3) is 0.929. The van der Waals surface area contributed by atoms with Crippen molar-refractivity contribution in [3.05, 3.63) is 0 Å². The molecule has 1 unspecified atom stereocenters. The minimum Gasteiger partial charge on any atom is -0.481 e. The van der Waals surface area contributed by atoms with E-state index in [0.29, 0.717) is 12.0 Å². The van der Waals surface area contributed by atoms with Crippen molar-refractivity contribution >= 4 is 5.97 Å². The molecule has 1 heterocycles. The van der Waals surface area contributed by atoms with Crippen LogP contribution in [-0.4, -0.2) is 59.1 Å². The molecular weight excluding hydrogens is 228 g/mol. The zero-order valence-electron chi connectivity index (χ0n) is 12.4. The van der Waals surface area contributed by atoms with Crippen LogP contribution in [0.5, 0.6) is 0 Å². The van der Waals surface area contributed by atoms with Gasteiger partial charge in [0.05, 0.1) is 0 Å². The fourth-order valence-corrected chi connectivity index (χ4v) is 2.84. The van der Waals surface area contributed by atoms with Crippen molar-refractivity contribution < 1.29 is 9.90 Å². The largest absolute Gasteiger partial charge is 0.481 e. The monoisotopic (exact) mass is 256 g/mol. The Labute approximate surface area is 111 Å². The van der Waals surface area contributed by atoms with Crippen LogP contribution in [0.1, 0.15) is 40.5 Å².